The molecule has 2 nitrogen and oxygen atoms in total. The summed E-state index contributed by atoms with van der Waals surface area (Å²) in [6.07, 6.45) is 13.2. The topological polar surface area (TPSA) is 15.6 Å². The quantitative estimate of drug-likeness (QED) is 0.512. The van der Waals surface area contributed by atoms with Crippen molar-refractivity contribution < 1.29 is 0 Å². The van der Waals surface area contributed by atoms with E-state index in [1.807, 2.05) is 0 Å². The van der Waals surface area contributed by atoms with Gasteiger partial charge in [0.25, 0.3) is 0 Å². The SMILES string of the molecule is CN1CCCC1C=NCC1CC=CCC1. The van der Waals surface area contributed by atoms with E-state index >= 15 is 0 Å². The Labute approximate surface area is 93.1 Å². The van der Waals surface area contributed by atoms with Crippen molar-refractivity contribution in [1.29, 1.82) is 0 Å². The van der Waals surface area contributed by atoms with Gasteiger partial charge >= 0.3 is 0 Å². The fourth-order valence-corrected chi connectivity index (χ4v) is 2.48. The molecular formula is C13H22N2. The van der Waals surface area contributed by atoms with Gasteiger partial charge in [0.1, 0.15) is 0 Å². The highest BCUT2D eigenvalue weighted by atomic mass is 15.1. The first-order valence-corrected chi connectivity index (χ1v) is 6.21. The number of likely N-dealkylation sites (tertiary alicyclic amines) is 1. The monoisotopic (exact) mass is 206 g/mol. The molecule has 0 N–H and O–H groups in total. The maximum atomic E-state index is 4.63. The fraction of sp³-hybridized carbons (Fsp3) is 0.769. The molecule has 1 fully saturated rings. The summed E-state index contributed by atoms with van der Waals surface area (Å²) in [5.41, 5.74) is 0. The standard InChI is InChI=1S/C13H22N2/c1-15-9-5-8-13(15)11-14-10-12-6-3-2-4-7-12/h2-3,11-13H,4-10H2,1H3. The highest BCUT2D eigenvalue weighted by molar-refractivity contribution is 5.64. The smallest absolute Gasteiger partial charge is 0.0444 e. The molecule has 1 aliphatic heterocycles. The van der Waals surface area contributed by atoms with Gasteiger partial charge in [0.05, 0.1) is 0 Å². The number of nitrogens with zero attached hydrogens (tertiary/aromatic N) is 2. The summed E-state index contributed by atoms with van der Waals surface area (Å²) < 4.78 is 0. The summed E-state index contributed by atoms with van der Waals surface area (Å²) in [6, 6.07) is 0.615. The second kappa shape index (κ2) is 5.45. The minimum Gasteiger partial charge on any atom is -0.298 e. The van der Waals surface area contributed by atoms with Crippen molar-refractivity contribution >= 4 is 6.21 Å². The second-order valence-electron chi connectivity index (χ2n) is 4.85. The number of allylic oxidation sites excluding steroid dienone is 2. The largest absolute Gasteiger partial charge is 0.298 e. The van der Waals surface area contributed by atoms with E-state index in [0.717, 1.165) is 12.5 Å². The average Bonchev–Trinajstić information content (AvgIpc) is 2.66. The first-order chi connectivity index (χ1) is 7.36. The van der Waals surface area contributed by atoms with Crippen LogP contribution in [0.2, 0.25) is 0 Å². The molecule has 0 amide bonds. The van der Waals surface area contributed by atoms with Crippen LogP contribution >= 0.6 is 0 Å². The van der Waals surface area contributed by atoms with Crippen LogP contribution in [0.15, 0.2) is 17.1 Å². The Morgan fingerprint density at radius 2 is 2.33 bits per heavy atom. The maximum absolute atomic E-state index is 4.63. The van der Waals surface area contributed by atoms with Crippen molar-refractivity contribution in [2.24, 2.45) is 10.9 Å². The molecule has 0 saturated carbocycles. The Balaban J connectivity index is 1.72. The number of rotatable bonds is 3. The average molecular weight is 206 g/mol. The van der Waals surface area contributed by atoms with E-state index in [9.17, 15) is 0 Å². The van der Waals surface area contributed by atoms with Crippen molar-refractivity contribution in [2.75, 3.05) is 20.1 Å². The lowest BCUT2D eigenvalue weighted by molar-refractivity contribution is 0.376. The minimum absolute atomic E-state index is 0.615. The number of hydrogen-bond acceptors (Lipinski definition) is 2. The van der Waals surface area contributed by atoms with Crippen molar-refractivity contribution in [3.05, 3.63) is 12.2 Å². The van der Waals surface area contributed by atoms with E-state index in [-0.39, 0.29) is 0 Å². The van der Waals surface area contributed by atoms with E-state index in [4.69, 9.17) is 0 Å². The van der Waals surface area contributed by atoms with Crippen LogP contribution in [-0.4, -0.2) is 37.3 Å². The van der Waals surface area contributed by atoms with Crippen LogP contribution in [0.4, 0.5) is 0 Å². The lowest BCUT2D eigenvalue weighted by Crippen LogP contribution is -2.26. The van der Waals surface area contributed by atoms with Crippen LogP contribution in [0.1, 0.15) is 32.1 Å². The predicted octanol–water partition coefficient (Wildman–Crippen LogP) is 2.51. The third kappa shape index (κ3) is 3.16. The first kappa shape index (κ1) is 10.9. The van der Waals surface area contributed by atoms with Gasteiger partial charge in [-0.05, 0) is 51.6 Å². The van der Waals surface area contributed by atoms with Gasteiger partial charge < -0.3 is 0 Å². The Kier molecular flexibility index (Phi) is 3.95. The Morgan fingerprint density at radius 3 is 3.00 bits per heavy atom. The van der Waals surface area contributed by atoms with Gasteiger partial charge in [0.15, 0.2) is 0 Å². The third-order valence-electron chi connectivity index (χ3n) is 3.60. The van der Waals surface area contributed by atoms with Gasteiger partial charge in [-0.25, -0.2) is 0 Å². The summed E-state index contributed by atoms with van der Waals surface area (Å²) in [7, 11) is 2.20. The molecule has 2 rings (SSSR count). The van der Waals surface area contributed by atoms with Gasteiger partial charge in [-0.3, -0.25) is 9.89 Å². The van der Waals surface area contributed by atoms with E-state index in [0.29, 0.717) is 6.04 Å². The zero-order valence-corrected chi connectivity index (χ0v) is 9.73. The zero-order chi connectivity index (χ0) is 10.5. The molecule has 2 unspecified atom stereocenters. The molecular weight excluding hydrogens is 184 g/mol. The van der Waals surface area contributed by atoms with Gasteiger partial charge in [0, 0.05) is 18.8 Å². The number of hydrogen-bond donors (Lipinski definition) is 0. The molecule has 2 aliphatic rings. The Morgan fingerprint density at radius 1 is 1.40 bits per heavy atom. The van der Waals surface area contributed by atoms with E-state index in [2.05, 4.69) is 35.3 Å². The second-order valence-corrected chi connectivity index (χ2v) is 4.85. The predicted molar refractivity (Wildman–Crippen MR) is 65.5 cm³/mol. The molecule has 2 atom stereocenters. The zero-order valence-electron chi connectivity index (χ0n) is 9.73. The van der Waals surface area contributed by atoms with E-state index < -0.39 is 0 Å². The molecule has 0 spiro atoms. The first-order valence-electron chi connectivity index (χ1n) is 6.21. The lowest BCUT2D eigenvalue weighted by Gasteiger charge is -2.17. The summed E-state index contributed by atoms with van der Waals surface area (Å²) in [6.45, 7) is 2.28. The minimum atomic E-state index is 0.615. The summed E-state index contributed by atoms with van der Waals surface area (Å²) in [5.74, 6) is 0.804. The summed E-state index contributed by atoms with van der Waals surface area (Å²) in [5, 5.41) is 0. The van der Waals surface area contributed by atoms with Gasteiger partial charge in [-0.2, -0.15) is 0 Å². The molecule has 0 aromatic heterocycles. The summed E-state index contributed by atoms with van der Waals surface area (Å²) >= 11 is 0. The van der Waals surface area contributed by atoms with Gasteiger partial charge in [-0.15, -0.1) is 0 Å². The normalized spacial score (nSPS) is 32.9. The number of aliphatic imine (C=N–C) groups is 1. The molecule has 0 radical (unpaired) electrons. The molecule has 84 valence electrons. The molecule has 0 bridgehead atoms. The van der Waals surface area contributed by atoms with Crippen molar-refractivity contribution in [3.8, 4) is 0 Å². The van der Waals surface area contributed by atoms with Crippen molar-refractivity contribution in [3.63, 3.8) is 0 Å². The van der Waals surface area contributed by atoms with Crippen LogP contribution in [0.5, 0.6) is 0 Å². The molecule has 1 aliphatic carbocycles. The molecule has 1 saturated heterocycles. The van der Waals surface area contributed by atoms with E-state index in [1.54, 1.807) is 0 Å². The third-order valence-corrected chi connectivity index (χ3v) is 3.60. The maximum Gasteiger partial charge on any atom is 0.0444 e. The van der Waals surface area contributed by atoms with Gasteiger partial charge in [0.2, 0.25) is 0 Å². The van der Waals surface area contributed by atoms with Crippen LogP contribution in [0.3, 0.4) is 0 Å². The van der Waals surface area contributed by atoms with Crippen molar-refractivity contribution in [1.82, 2.24) is 4.90 Å². The Hall–Kier alpha value is -0.630. The van der Waals surface area contributed by atoms with Gasteiger partial charge in [-0.1, -0.05) is 12.2 Å². The molecule has 0 aromatic carbocycles. The van der Waals surface area contributed by atoms with Crippen LogP contribution in [0, 0.1) is 5.92 Å². The molecule has 15 heavy (non-hydrogen) atoms. The molecule has 1 heterocycles. The van der Waals surface area contributed by atoms with Crippen LogP contribution in [0.25, 0.3) is 0 Å². The van der Waals surface area contributed by atoms with E-state index in [1.165, 1.54) is 38.6 Å². The Bertz CT molecular complexity index is 245. The van der Waals surface area contributed by atoms with Crippen LogP contribution < -0.4 is 0 Å². The molecule has 2 heteroatoms. The van der Waals surface area contributed by atoms with Crippen LogP contribution in [-0.2, 0) is 0 Å². The lowest BCUT2D eigenvalue weighted by atomic mass is 9.95. The fourth-order valence-electron chi connectivity index (χ4n) is 2.48. The van der Waals surface area contributed by atoms with Crippen molar-refractivity contribution in [2.45, 2.75) is 38.1 Å². The molecule has 0 aromatic rings. The highest BCUT2D eigenvalue weighted by Gasteiger charge is 2.18. The summed E-state index contributed by atoms with van der Waals surface area (Å²) in [4.78, 5) is 7.03. The highest BCUT2D eigenvalue weighted by Crippen LogP contribution is 2.18.